The molecule has 0 aliphatic heterocycles. The molecule has 0 bridgehead atoms. The van der Waals surface area contributed by atoms with Gasteiger partial charge in [-0.25, -0.2) is 0 Å². The highest BCUT2D eigenvalue weighted by Gasteiger charge is 1.99. The van der Waals surface area contributed by atoms with E-state index in [2.05, 4.69) is 0 Å². The molecule has 0 saturated heterocycles. The average molecular weight is 177 g/mol. The van der Waals surface area contributed by atoms with Crippen molar-refractivity contribution in [1.29, 1.82) is 5.26 Å². The number of thioether (sulfide) groups is 1. The topological polar surface area (TPSA) is 64.7 Å². The third-order valence-corrected chi connectivity index (χ3v) is 1.88. The van der Waals surface area contributed by atoms with Gasteiger partial charge in [0, 0.05) is 10.5 Å². The summed E-state index contributed by atoms with van der Waals surface area (Å²) in [5, 5.41) is 10.2. The molecule has 0 unspecified atom stereocenters. The number of hydrogen-bond acceptors (Lipinski definition) is 3. The molecular formula is C8H5N2OS. The lowest BCUT2D eigenvalue weighted by Gasteiger charge is -1.94. The first-order valence-corrected chi connectivity index (χ1v) is 3.97. The molecule has 0 aliphatic rings. The van der Waals surface area contributed by atoms with Crippen LogP contribution in [0.15, 0.2) is 29.2 Å². The Kier molecular flexibility index (Phi) is 2.72. The maximum atomic E-state index is 10.5. The number of carbonyl (C=O) groups excluding carboxylic acids is 1. The minimum atomic E-state index is -0.705. The molecule has 0 heterocycles. The predicted octanol–water partition coefficient (Wildman–Crippen LogP) is 1.68. The zero-order valence-corrected chi connectivity index (χ0v) is 6.89. The predicted molar refractivity (Wildman–Crippen MR) is 45.3 cm³/mol. The molecule has 4 heteroatoms. The van der Waals surface area contributed by atoms with E-state index in [0.29, 0.717) is 5.56 Å². The molecule has 1 aromatic rings. The Morgan fingerprint density at radius 2 is 2.00 bits per heavy atom. The highest BCUT2D eigenvalue weighted by atomic mass is 32.2. The summed E-state index contributed by atoms with van der Waals surface area (Å²) >= 11 is 1.03. The molecule has 0 saturated carbocycles. The van der Waals surface area contributed by atoms with Crippen LogP contribution in [0.3, 0.4) is 0 Å². The molecule has 59 valence electrons. The number of nitriles is 1. The normalized spacial score (nSPS) is 8.92. The number of benzene rings is 1. The number of thiocyanates is 1. The first-order valence-electron chi connectivity index (χ1n) is 3.16. The third kappa shape index (κ3) is 2.01. The number of nitrogens with one attached hydrogen (secondary N) is 1. The lowest BCUT2D eigenvalue weighted by atomic mass is 10.2. The van der Waals surface area contributed by atoms with Crippen molar-refractivity contribution in [2.45, 2.75) is 4.90 Å². The largest absolute Gasteiger partial charge is 0.269 e. The molecule has 1 rings (SSSR count). The van der Waals surface area contributed by atoms with Crippen molar-refractivity contribution < 1.29 is 4.79 Å². The Labute approximate surface area is 74.2 Å². The first kappa shape index (κ1) is 8.62. The van der Waals surface area contributed by atoms with Crippen LogP contribution < -0.4 is 5.73 Å². The van der Waals surface area contributed by atoms with E-state index in [1.54, 1.807) is 12.1 Å². The molecule has 1 aromatic carbocycles. The molecule has 1 radical (unpaired) electrons. The fourth-order valence-electron chi connectivity index (χ4n) is 0.727. The fourth-order valence-corrected chi connectivity index (χ4v) is 1.10. The molecule has 3 nitrogen and oxygen atoms in total. The molecular weight excluding hydrogens is 172 g/mol. The maximum absolute atomic E-state index is 10.5. The van der Waals surface area contributed by atoms with Crippen LogP contribution in [0, 0.1) is 10.7 Å². The maximum Gasteiger partial charge on any atom is 0.269 e. The van der Waals surface area contributed by atoms with Crippen molar-refractivity contribution in [3.05, 3.63) is 29.8 Å². The average Bonchev–Trinajstić information content (AvgIpc) is 2.06. The van der Waals surface area contributed by atoms with Gasteiger partial charge in [-0.15, -0.1) is 0 Å². The van der Waals surface area contributed by atoms with Crippen molar-refractivity contribution in [2.75, 3.05) is 0 Å². The second-order valence-corrected chi connectivity index (χ2v) is 2.90. The molecule has 0 atom stereocenters. The van der Waals surface area contributed by atoms with Crippen LogP contribution in [0.25, 0.3) is 0 Å². The number of carbonyl (C=O) groups is 1. The van der Waals surface area contributed by atoms with E-state index in [9.17, 15) is 4.79 Å². The number of hydrogen-bond donors (Lipinski definition) is 0. The van der Waals surface area contributed by atoms with Gasteiger partial charge in [-0.3, -0.25) is 10.5 Å². The number of nitrogens with zero attached hydrogens (tertiary/aromatic N) is 1. The highest BCUT2D eigenvalue weighted by Crippen LogP contribution is 2.16. The molecule has 0 spiro atoms. The van der Waals surface area contributed by atoms with Gasteiger partial charge in [0.25, 0.3) is 5.91 Å². The summed E-state index contributed by atoms with van der Waals surface area (Å²) in [7, 11) is 0. The van der Waals surface area contributed by atoms with Crippen molar-refractivity contribution in [1.82, 2.24) is 5.73 Å². The van der Waals surface area contributed by atoms with Crippen molar-refractivity contribution in [3.63, 3.8) is 0 Å². The Balaban J connectivity index is 2.87. The minimum absolute atomic E-state index is 0.345. The SMILES string of the molecule is N#CSc1ccc(C([NH])=O)cc1. The zero-order valence-electron chi connectivity index (χ0n) is 6.07. The van der Waals surface area contributed by atoms with Crippen LogP contribution in [0.5, 0.6) is 0 Å². The second-order valence-electron chi connectivity index (χ2n) is 2.05. The van der Waals surface area contributed by atoms with E-state index in [4.69, 9.17) is 11.0 Å². The van der Waals surface area contributed by atoms with E-state index in [0.717, 1.165) is 16.7 Å². The third-order valence-electron chi connectivity index (χ3n) is 1.28. The van der Waals surface area contributed by atoms with Crippen LogP contribution in [-0.2, 0) is 0 Å². The van der Waals surface area contributed by atoms with Crippen LogP contribution in [0.2, 0.25) is 0 Å². The lowest BCUT2D eigenvalue weighted by molar-refractivity contribution is 0.0992. The minimum Gasteiger partial charge on any atom is -0.267 e. The zero-order chi connectivity index (χ0) is 8.97. The van der Waals surface area contributed by atoms with Gasteiger partial charge < -0.3 is 0 Å². The van der Waals surface area contributed by atoms with Crippen molar-refractivity contribution in [2.24, 2.45) is 0 Å². The van der Waals surface area contributed by atoms with E-state index in [-0.39, 0.29) is 0 Å². The summed E-state index contributed by atoms with van der Waals surface area (Å²) in [6, 6.07) is 6.37. The number of rotatable bonds is 2. The molecule has 1 N–H and O–H groups in total. The van der Waals surface area contributed by atoms with E-state index < -0.39 is 5.91 Å². The van der Waals surface area contributed by atoms with Gasteiger partial charge in [0.15, 0.2) is 0 Å². The molecule has 0 aliphatic carbocycles. The van der Waals surface area contributed by atoms with Crippen molar-refractivity contribution in [3.8, 4) is 5.40 Å². The van der Waals surface area contributed by atoms with Gasteiger partial charge >= 0.3 is 0 Å². The van der Waals surface area contributed by atoms with Crippen molar-refractivity contribution >= 4 is 17.7 Å². The van der Waals surface area contributed by atoms with Gasteiger partial charge in [-0.1, -0.05) is 0 Å². The molecule has 12 heavy (non-hydrogen) atoms. The Morgan fingerprint density at radius 1 is 1.42 bits per heavy atom. The van der Waals surface area contributed by atoms with E-state index >= 15 is 0 Å². The second kappa shape index (κ2) is 3.79. The standard InChI is InChI=1S/C8H5N2OS/c9-5-12-7-3-1-6(2-4-7)8(10)11/h1-4,10H. The highest BCUT2D eigenvalue weighted by molar-refractivity contribution is 8.03. The Hall–Kier alpha value is -1.47. The van der Waals surface area contributed by atoms with Gasteiger partial charge in [0.1, 0.15) is 5.40 Å². The molecule has 1 amide bonds. The Morgan fingerprint density at radius 3 is 2.42 bits per heavy atom. The van der Waals surface area contributed by atoms with Crippen LogP contribution >= 0.6 is 11.8 Å². The summed E-state index contributed by atoms with van der Waals surface area (Å²) in [4.78, 5) is 11.3. The van der Waals surface area contributed by atoms with E-state index in [1.807, 2.05) is 5.40 Å². The number of amides is 1. The van der Waals surface area contributed by atoms with E-state index in [1.165, 1.54) is 12.1 Å². The smallest absolute Gasteiger partial charge is 0.267 e. The van der Waals surface area contributed by atoms with Gasteiger partial charge in [0.05, 0.1) is 0 Å². The summed E-state index contributed by atoms with van der Waals surface area (Å²) < 4.78 is 0. The quantitative estimate of drug-likeness (QED) is 0.510. The first-order chi connectivity index (χ1) is 5.74. The van der Waals surface area contributed by atoms with Gasteiger partial charge in [-0.2, -0.15) is 5.26 Å². The summed E-state index contributed by atoms with van der Waals surface area (Å²) in [5.41, 5.74) is 7.13. The summed E-state index contributed by atoms with van der Waals surface area (Å²) in [6.07, 6.45) is 0. The molecule has 0 aromatic heterocycles. The monoisotopic (exact) mass is 177 g/mol. The summed E-state index contributed by atoms with van der Waals surface area (Å²) in [5.74, 6) is -0.705. The fraction of sp³-hybridized carbons (Fsp3) is 0. The lowest BCUT2D eigenvalue weighted by Crippen LogP contribution is -1.97. The molecule has 0 fully saturated rings. The summed E-state index contributed by atoms with van der Waals surface area (Å²) in [6.45, 7) is 0. The van der Waals surface area contributed by atoms with Crippen LogP contribution in [-0.4, -0.2) is 5.91 Å². The van der Waals surface area contributed by atoms with Crippen LogP contribution in [0.1, 0.15) is 10.4 Å². The van der Waals surface area contributed by atoms with Crippen LogP contribution in [0.4, 0.5) is 0 Å². The Bertz CT molecular complexity index is 326. The van der Waals surface area contributed by atoms with Gasteiger partial charge in [0.2, 0.25) is 0 Å². The van der Waals surface area contributed by atoms with Gasteiger partial charge in [-0.05, 0) is 36.0 Å².